The molecule has 1 fully saturated rings. The maximum absolute atomic E-state index is 12.3. The Hall–Kier alpha value is -1.52. The number of likely N-dealkylation sites (tertiary alicyclic amines) is 1. The lowest BCUT2D eigenvalue weighted by Gasteiger charge is -2.26. The van der Waals surface area contributed by atoms with E-state index in [4.69, 9.17) is 0 Å². The maximum atomic E-state index is 12.3. The summed E-state index contributed by atoms with van der Waals surface area (Å²) >= 11 is 0. The van der Waals surface area contributed by atoms with Gasteiger partial charge in [0.2, 0.25) is 5.91 Å². The molecule has 1 aromatic rings. The molecule has 11 heteroatoms. The molecule has 1 aromatic carbocycles. The number of halogens is 4. The molecule has 1 N–H and O–H groups in total. The van der Waals surface area contributed by atoms with Gasteiger partial charge in [0.1, 0.15) is 5.75 Å². The topological polar surface area (TPSA) is 75.7 Å². The van der Waals surface area contributed by atoms with E-state index in [0.717, 1.165) is 38.2 Å². The number of carbonyl (C=O) groups excluding carboxylic acids is 1. The number of hydrogen-bond acceptors (Lipinski definition) is 5. The predicted octanol–water partition coefficient (Wildman–Crippen LogP) is 3.78. The summed E-state index contributed by atoms with van der Waals surface area (Å²) in [5, 5.41) is 2.83. The van der Waals surface area contributed by atoms with Crippen LogP contribution >= 0.6 is 12.4 Å². The van der Waals surface area contributed by atoms with E-state index in [1.807, 2.05) is 0 Å². The molecular weight excluding hydrogens is 433 g/mol. The molecule has 166 valence electrons. The summed E-state index contributed by atoms with van der Waals surface area (Å²) in [6.07, 6.45) is 4.83. The van der Waals surface area contributed by atoms with Crippen LogP contribution in [0.4, 0.5) is 13.2 Å². The van der Waals surface area contributed by atoms with E-state index >= 15 is 0 Å². The Labute approximate surface area is 175 Å². The van der Waals surface area contributed by atoms with Gasteiger partial charge in [-0.2, -0.15) is 21.6 Å². The zero-order valence-corrected chi connectivity index (χ0v) is 17.7. The Morgan fingerprint density at radius 2 is 1.76 bits per heavy atom. The summed E-state index contributed by atoms with van der Waals surface area (Å²) in [6.45, 7) is 4.79. The lowest BCUT2D eigenvalue weighted by atomic mass is 10.1. The lowest BCUT2D eigenvalue weighted by Crippen LogP contribution is -2.32. The highest BCUT2D eigenvalue weighted by Gasteiger charge is 2.48. The van der Waals surface area contributed by atoms with Crippen molar-refractivity contribution in [2.24, 2.45) is 0 Å². The fraction of sp³-hybridized carbons (Fsp3) is 0.611. The van der Waals surface area contributed by atoms with Gasteiger partial charge >= 0.3 is 15.6 Å². The fourth-order valence-electron chi connectivity index (χ4n) is 3.03. The average Bonchev–Trinajstić information content (AvgIpc) is 2.62. The Morgan fingerprint density at radius 1 is 1.17 bits per heavy atom. The molecule has 29 heavy (non-hydrogen) atoms. The second-order valence-electron chi connectivity index (χ2n) is 6.85. The van der Waals surface area contributed by atoms with Crippen LogP contribution in [-0.4, -0.2) is 44.4 Å². The summed E-state index contributed by atoms with van der Waals surface area (Å²) in [5.74, 6) is -0.550. The highest BCUT2D eigenvalue weighted by atomic mass is 35.5. The molecule has 1 atom stereocenters. The van der Waals surface area contributed by atoms with Crippen LogP contribution in [0.3, 0.4) is 0 Å². The van der Waals surface area contributed by atoms with E-state index in [9.17, 15) is 26.4 Å². The second kappa shape index (κ2) is 11.0. The van der Waals surface area contributed by atoms with Crippen molar-refractivity contribution in [1.29, 1.82) is 0 Å². The van der Waals surface area contributed by atoms with Crippen molar-refractivity contribution >= 4 is 28.4 Å². The number of amides is 1. The minimum absolute atomic E-state index is 0. The first kappa shape index (κ1) is 25.5. The highest BCUT2D eigenvalue weighted by molar-refractivity contribution is 7.88. The van der Waals surface area contributed by atoms with Gasteiger partial charge in [0, 0.05) is 6.42 Å². The molecule has 0 aliphatic carbocycles. The van der Waals surface area contributed by atoms with E-state index in [1.165, 1.54) is 31.4 Å². The smallest absolute Gasteiger partial charge is 0.376 e. The number of benzene rings is 1. The molecule has 1 aliphatic rings. The number of hydrogen-bond donors (Lipinski definition) is 1. The van der Waals surface area contributed by atoms with Crippen molar-refractivity contribution in [2.75, 3.05) is 19.6 Å². The molecule has 6 nitrogen and oxygen atoms in total. The summed E-state index contributed by atoms with van der Waals surface area (Å²) in [5.41, 5.74) is -4.86. The Morgan fingerprint density at radius 3 is 2.31 bits per heavy atom. The molecule has 1 aliphatic heterocycles. The van der Waals surface area contributed by atoms with E-state index in [1.54, 1.807) is 6.92 Å². The molecule has 1 saturated heterocycles. The molecule has 1 heterocycles. The van der Waals surface area contributed by atoms with Gasteiger partial charge < -0.3 is 14.4 Å². The molecule has 0 radical (unpaired) electrons. The molecule has 0 spiro atoms. The predicted molar refractivity (Wildman–Crippen MR) is 105 cm³/mol. The maximum Gasteiger partial charge on any atom is 0.534 e. The standard InChI is InChI=1S/C18H25F3N2O4S.ClH/c1-14(22-17(24)6-5-13-23-11-3-2-4-12-23)15-7-9-16(10-8-15)27-28(25,26)18(19,20)21;/h7-10,14H,2-6,11-13H2,1H3,(H,22,24);1H/t14-;/m1./s1. The van der Waals surface area contributed by atoms with Crippen LogP contribution < -0.4 is 9.50 Å². The zero-order chi connectivity index (χ0) is 20.8. The lowest BCUT2D eigenvalue weighted by molar-refractivity contribution is -0.121. The Kier molecular flexibility index (Phi) is 9.70. The minimum Gasteiger partial charge on any atom is -0.376 e. The molecule has 0 saturated carbocycles. The second-order valence-corrected chi connectivity index (χ2v) is 8.39. The van der Waals surface area contributed by atoms with Crippen molar-refractivity contribution in [3.8, 4) is 5.75 Å². The van der Waals surface area contributed by atoms with Crippen LogP contribution in [0, 0.1) is 0 Å². The van der Waals surface area contributed by atoms with Gasteiger partial charge in [0.05, 0.1) is 6.04 Å². The van der Waals surface area contributed by atoms with Crippen molar-refractivity contribution < 1.29 is 30.6 Å². The van der Waals surface area contributed by atoms with Gasteiger partial charge in [-0.15, -0.1) is 12.4 Å². The van der Waals surface area contributed by atoms with Gasteiger partial charge in [0.15, 0.2) is 0 Å². The van der Waals surface area contributed by atoms with Crippen LogP contribution in [0.15, 0.2) is 24.3 Å². The van der Waals surface area contributed by atoms with Gasteiger partial charge in [-0.3, -0.25) is 4.79 Å². The fourth-order valence-corrected chi connectivity index (χ4v) is 3.49. The van der Waals surface area contributed by atoms with Crippen LogP contribution in [0.5, 0.6) is 5.75 Å². The number of nitrogens with one attached hydrogen (secondary N) is 1. The quantitative estimate of drug-likeness (QED) is 0.474. The summed E-state index contributed by atoms with van der Waals surface area (Å²) in [6, 6.07) is 4.71. The summed E-state index contributed by atoms with van der Waals surface area (Å²) < 4.78 is 63.0. The number of alkyl halides is 3. The molecule has 2 rings (SSSR count). The third kappa shape index (κ3) is 8.02. The van der Waals surface area contributed by atoms with E-state index in [2.05, 4.69) is 14.4 Å². The number of nitrogens with zero attached hydrogens (tertiary/aromatic N) is 1. The average molecular weight is 459 g/mol. The van der Waals surface area contributed by atoms with E-state index in [-0.39, 0.29) is 24.4 Å². The van der Waals surface area contributed by atoms with Gasteiger partial charge in [-0.05, 0) is 63.5 Å². The van der Waals surface area contributed by atoms with E-state index < -0.39 is 21.4 Å². The first-order valence-corrected chi connectivity index (χ1v) is 10.6. The monoisotopic (exact) mass is 458 g/mol. The highest BCUT2D eigenvalue weighted by Crippen LogP contribution is 2.27. The third-order valence-corrected chi connectivity index (χ3v) is 5.55. The first-order chi connectivity index (χ1) is 13.1. The minimum atomic E-state index is -5.70. The van der Waals surface area contributed by atoms with Gasteiger partial charge in [0.25, 0.3) is 0 Å². The first-order valence-electron chi connectivity index (χ1n) is 9.21. The normalized spacial score (nSPS) is 16.6. The molecule has 0 bridgehead atoms. The van der Waals surface area contributed by atoms with Crippen molar-refractivity contribution in [3.63, 3.8) is 0 Å². The van der Waals surface area contributed by atoms with Gasteiger partial charge in [-0.1, -0.05) is 18.6 Å². The third-order valence-electron chi connectivity index (χ3n) is 4.57. The van der Waals surface area contributed by atoms with Crippen molar-refractivity contribution in [1.82, 2.24) is 10.2 Å². The van der Waals surface area contributed by atoms with Crippen LogP contribution in [0.25, 0.3) is 0 Å². The van der Waals surface area contributed by atoms with Crippen LogP contribution in [0.2, 0.25) is 0 Å². The van der Waals surface area contributed by atoms with Crippen LogP contribution in [0.1, 0.15) is 50.6 Å². The number of piperidine rings is 1. The van der Waals surface area contributed by atoms with Crippen molar-refractivity contribution in [3.05, 3.63) is 29.8 Å². The summed E-state index contributed by atoms with van der Waals surface area (Å²) in [7, 11) is -5.70. The van der Waals surface area contributed by atoms with Gasteiger partial charge in [-0.25, -0.2) is 0 Å². The molecule has 0 unspecified atom stereocenters. The largest absolute Gasteiger partial charge is 0.534 e. The van der Waals surface area contributed by atoms with Crippen LogP contribution in [-0.2, 0) is 14.9 Å². The molecule has 1 amide bonds. The summed E-state index contributed by atoms with van der Waals surface area (Å²) in [4.78, 5) is 14.4. The van der Waals surface area contributed by atoms with Crippen molar-refractivity contribution in [2.45, 2.75) is 50.6 Å². The Bertz CT molecular complexity index is 751. The zero-order valence-electron chi connectivity index (χ0n) is 16.1. The number of rotatable bonds is 8. The molecule has 0 aromatic heterocycles. The Balaban J connectivity index is 0.00000420. The molecular formula is C18H26ClF3N2O4S. The SMILES string of the molecule is C[C@@H](NC(=O)CCCN1CCCCC1)c1ccc(OS(=O)(=O)C(F)(F)F)cc1.Cl. The van der Waals surface area contributed by atoms with E-state index in [0.29, 0.717) is 12.0 Å². The number of carbonyl (C=O) groups is 1.